The maximum absolute atomic E-state index is 11.5. The monoisotopic (exact) mass is 494 g/mol. The van der Waals surface area contributed by atoms with Crippen LogP contribution in [0.2, 0.25) is 0 Å². The van der Waals surface area contributed by atoms with Crippen molar-refractivity contribution in [3.63, 3.8) is 0 Å². The van der Waals surface area contributed by atoms with Crippen LogP contribution in [0, 0.1) is 5.41 Å². The molecule has 0 saturated heterocycles. The third-order valence-electron chi connectivity index (χ3n) is 4.41. The van der Waals surface area contributed by atoms with Gasteiger partial charge in [0.25, 0.3) is 5.91 Å². The van der Waals surface area contributed by atoms with Crippen LogP contribution >= 0.6 is 12.4 Å². The van der Waals surface area contributed by atoms with Crippen LogP contribution in [0.25, 0.3) is 0 Å². The second-order valence-electron chi connectivity index (χ2n) is 6.95. The number of benzene rings is 2. The van der Waals surface area contributed by atoms with E-state index in [9.17, 15) is 9.59 Å². The zero-order chi connectivity index (χ0) is 24.4. The SMILES string of the molecule is CCOc1cc(OCC(N)=O)c(C(COC(C)=O)Nc2ccc(C(=N)N)cc2)cc1OCC.Cl. The number of carbonyl (C=O) groups excluding carboxylic acids is 2. The lowest BCUT2D eigenvalue weighted by atomic mass is 10.0. The Balaban J connectivity index is 0.00000578. The number of amidine groups is 1. The molecule has 0 aliphatic rings. The lowest BCUT2D eigenvalue weighted by Crippen LogP contribution is -2.23. The Morgan fingerprint density at radius 1 is 0.971 bits per heavy atom. The maximum Gasteiger partial charge on any atom is 0.302 e. The van der Waals surface area contributed by atoms with Crippen molar-refractivity contribution in [3.8, 4) is 17.2 Å². The normalized spacial score (nSPS) is 10.9. The summed E-state index contributed by atoms with van der Waals surface area (Å²) in [7, 11) is 0. The van der Waals surface area contributed by atoms with Crippen molar-refractivity contribution in [1.29, 1.82) is 5.41 Å². The van der Waals surface area contributed by atoms with Gasteiger partial charge in [-0.05, 0) is 44.2 Å². The van der Waals surface area contributed by atoms with Gasteiger partial charge >= 0.3 is 5.97 Å². The van der Waals surface area contributed by atoms with E-state index in [0.717, 1.165) is 0 Å². The summed E-state index contributed by atoms with van der Waals surface area (Å²) in [6.07, 6.45) is 0. The number of ether oxygens (including phenoxy) is 4. The van der Waals surface area contributed by atoms with Gasteiger partial charge in [0.15, 0.2) is 18.1 Å². The quantitative estimate of drug-likeness (QED) is 0.188. The smallest absolute Gasteiger partial charge is 0.302 e. The minimum Gasteiger partial charge on any atom is -0.490 e. The lowest BCUT2D eigenvalue weighted by molar-refractivity contribution is -0.141. The molecule has 2 aromatic rings. The first kappa shape index (κ1) is 28.4. The van der Waals surface area contributed by atoms with Gasteiger partial charge in [-0.1, -0.05) is 0 Å². The number of carbonyl (C=O) groups is 2. The molecule has 2 rings (SSSR count). The summed E-state index contributed by atoms with van der Waals surface area (Å²) in [6, 6.07) is 9.65. The highest BCUT2D eigenvalue weighted by atomic mass is 35.5. The van der Waals surface area contributed by atoms with Crippen molar-refractivity contribution in [2.75, 3.05) is 31.7 Å². The largest absolute Gasteiger partial charge is 0.490 e. The average Bonchev–Trinajstić information content (AvgIpc) is 2.77. The molecule has 1 amide bonds. The van der Waals surface area contributed by atoms with Crippen molar-refractivity contribution < 1.29 is 28.5 Å². The van der Waals surface area contributed by atoms with Crippen LogP contribution in [0.15, 0.2) is 36.4 Å². The predicted octanol–water partition coefficient (Wildman–Crippen LogP) is 2.77. The molecule has 0 saturated carbocycles. The van der Waals surface area contributed by atoms with Gasteiger partial charge in [0.05, 0.1) is 19.3 Å². The molecule has 0 aliphatic carbocycles. The molecule has 0 aliphatic heterocycles. The molecular formula is C23H31ClN4O6. The number of hydrogen-bond donors (Lipinski definition) is 4. The fourth-order valence-electron chi connectivity index (χ4n) is 3.00. The summed E-state index contributed by atoms with van der Waals surface area (Å²) in [5.41, 5.74) is 12.6. The van der Waals surface area contributed by atoms with Gasteiger partial charge in [-0.2, -0.15) is 0 Å². The van der Waals surface area contributed by atoms with Crippen molar-refractivity contribution in [2.45, 2.75) is 26.8 Å². The maximum atomic E-state index is 11.5. The van der Waals surface area contributed by atoms with Crippen LogP contribution < -0.4 is 31.0 Å². The zero-order valence-corrected chi connectivity index (χ0v) is 20.2. The highest BCUT2D eigenvalue weighted by Crippen LogP contribution is 2.39. The second kappa shape index (κ2) is 13.8. The third kappa shape index (κ3) is 8.36. The number of hydrogen-bond acceptors (Lipinski definition) is 8. The highest BCUT2D eigenvalue weighted by Gasteiger charge is 2.23. The molecule has 6 N–H and O–H groups in total. The molecule has 186 valence electrons. The van der Waals surface area contributed by atoms with Crippen LogP contribution in [0.5, 0.6) is 17.2 Å². The van der Waals surface area contributed by atoms with Crippen molar-refractivity contribution in [1.82, 2.24) is 0 Å². The molecule has 0 radical (unpaired) electrons. The van der Waals surface area contributed by atoms with E-state index in [0.29, 0.717) is 47.3 Å². The number of primary amides is 1. The van der Waals surface area contributed by atoms with Gasteiger partial charge in [0.2, 0.25) is 0 Å². The highest BCUT2D eigenvalue weighted by molar-refractivity contribution is 5.95. The lowest BCUT2D eigenvalue weighted by Gasteiger charge is -2.24. The van der Waals surface area contributed by atoms with Gasteiger partial charge in [-0.3, -0.25) is 15.0 Å². The summed E-state index contributed by atoms with van der Waals surface area (Å²) in [5.74, 6) is 0.0992. The number of rotatable bonds is 13. The fourth-order valence-corrected chi connectivity index (χ4v) is 3.00. The Morgan fingerprint density at radius 2 is 1.56 bits per heavy atom. The molecule has 11 heteroatoms. The minimum atomic E-state index is -0.642. The average molecular weight is 495 g/mol. The number of esters is 1. The Bertz CT molecular complexity index is 984. The van der Waals surface area contributed by atoms with Crippen LogP contribution in [-0.2, 0) is 14.3 Å². The Kier molecular flexibility index (Phi) is 11.5. The van der Waals surface area contributed by atoms with E-state index >= 15 is 0 Å². The summed E-state index contributed by atoms with van der Waals surface area (Å²) in [5, 5.41) is 10.8. The van der Waals surface area contributed by atoms with Gasteiger partial charge in [-0.15, -0.1) is 12.4 Å². The first-order chi connectivity index (χ1) is 15.7. The van der Waals surface area contributed by atoms with E-state index in [-0.39, 0.29) is 31.5 Å². The van der Waals surface area contributed by atoms with E-state index in [4.69, 9.17) is 35.8 Å². The number of amides is 1. The van der Waals surface area contributed by atoms with Gasteiger partial charge < -0.3 is 35.7 Å². The zero-order valence-electron chi connectivity index (χ0n) is 19.4. The van der Waals surface area contributed by atoms with E-state index in [1.165, 1.54) is 6.92 Å². The Morgan fingerprint density at radius 3 is 2.06 bits per heavy atom. The second-order valence-corrected chi connectivity index (χ2v) is 6.95. The first-order valence-corrected chi connectivity index (χ1v) is 10.4. The number of nitrogen functional groups attached to an aromatic ring is 1. The van der Waals surface area contributed by atoms with Gasteiger partial charge in [-0.25, -0.2) is 0 Å². The number of halogens is 1. The molecular weight excluding hydrogens is 464 g/mol. The number of anilines is 1. The summed E-state index contributed by atoms with van der Waals surface area (Å²) < 4.78 is 22.3. The van der Waals surface area contributed by atoms with Gasteiger partial charge in [0.1, 0.15) is 18.2 Å². The molecule has 10 nitrogen and oxygen atoms in total. The van der Waals surface area contributed by atoms with Crippen LogP contribution in [-0.4, -0.2) is 44.1 Å². The van der Waals surface area contributed by atoms with Crippen LogP contribution in [0.4, 0.5) is 5.69 Å². The predicted molar refractivity (Wildman–Crippen MR) is 131 cm³/mol. The molecule has 2 aromatic carbocycles. The van der Waals surface area contributed by atoms with Crippen molar-refractivity contribution in [2.24, 2.45) is 11.5 Å². The number of nitrogens with two attached hydrogens (primary N) is 2. The van der Waals surface area contributed by atoms with E-state index in [1.807, 2.05) is 13.8 Å². The van der Waals surface area contributed by atoms with Crippen LogP contribution in [0.1, 0.15) is 37.9 Å². The molecule has 0 heterocycles. The summed E-state index contributed by atoms with van der Waals surface area (Å²) >= 11 is 0. The molecule has 0 spiro atoms. The fraction of sp³-hybridized carbons (Fsp3) is 0.348. The van der Waals surface area contributed by atoms with E-state index < -0.39 is 17.9 Å². The molecule has 0 aromatic heterocycles. The Hall–Kier alpha value is -3.66. The van der Waals surface area contributed by atoms with Crippen LogP contribution in [0.3, 0.4) is 0 Å². The van der Waals surface area contributed by atoms with Crippen molar-refractivity contribution >= 4 is 35.8 Å². The summed E-state index contributed by atoms with van der Waals surface area (Å²) in [4.78, 5) is 22.9. The number of nitrogens with one attached hydrogen (secondary N) is 2. The third-order valence-corrected chi connectivity index (χ3v) is 4.41. The molecule has 1 atom stereocenters. The van der Waals surface area contributed by atoms with E-state index in [2.05, 4.69) is 5.32 Å². The van der Waals surface area contributed by atoms with Crippen molar-refractivity contribution in [3.05, 3.63) is 47.5 Å². The minimum absolute atomic E-state index is 0. The first-order valence-electron chi connectivity index (χ1n) is 10.4. The standard InChI is InChI=1S/C23H30N4O6.ClH/c1-4-30-20-10-17(19(33-13-22(24)29)11-21(20)31-5-2)18(12-32-14(3)28)27-16-8-6-15(7-9-16)23(25)26;/h6-11,18,27H,4-5,12-13H2,1-3H3,(H2,24,29)(H3,25,26);1H. The molecule has 1 unspecified atom stereocenters. The molecule has 34 heavy (non-hydrogen) atoms. The Labute approximate surface area is 204 Å². The van der Waals surface area contributed by atoms with Gasteiger partial charge in [0, 0.05) is 29.8 Å². The summed E-state index contributed by atoms with van der Waals surface area (Å²) in [6.45, 7) is 5.41. The molecule has 0 fully saturated rings. The topological polar surface area (TPSA) is 159 Å². The van der Waals surface area contributed by atoms with E-state index in [1.54, 1.807) is 36.4 Å². The molecule has 0 bridgehead atoms.